The van der Waals surface area contributed by atoms with Crippen molar-refractivity contribution in [3.05, 3.63) is 78.0 Å². The minimum absolute atomic E-state index is 0.108. The molecular weight excluding hydrogens is 559 g/mol. The predicted octanol–water partition coefficient (Wildman–Crippen LogP) is 3.23. The fourth-order valence-corrected chi connectivity index (χ4v) is 5.01. The zero-order valence-corrected chi connectivity index (χ0v) is 23.4. The molecule has 6 rings (SSSR count). The van der Waals surface area contributed by atoms with Crippen molar-refractivity contribution in [3.8, 4) is 22.7 Å². The second kappa shape index (κ2) is 12.1. The smallest absolute Gasteiger partial charge is 0.320 e. The average molecular weight is 589 g/mol. The number of ether oxygens (including phenoxy) is 2. The summed E-state index contributed by atoms with van der Waals surface area (Å²) in [4.78, 5) is 39.2. The van der Waals surface area contributed by atoms with Gasteiger partial charge >= 0.3 is 6.03 Å². The number of nitrogens with zero attached hydrogens (tertiary/aromatic N) is 5. The number of methoxy groups -OCH3 is 1. The summed E-state index contributed by atoms with van der Waals surface area (Å²) < 4.78 is 26.3. The first-order valence-corrected chi connectivity index (χ1v) is 13.6. The Morgan fingerprint density at radius 3 is 2.84 bits per heavy atom. The van der Waals surface area contributed by atoms with Crippen LogP contribution in [0.2, 0.25) is 0 Å². The third-order valence-corrected chi connectivity index (χ3v) is 7.07. The van der Waals surface area contributed by atoms with Crippen molar-refractivity contribution in [2.75, 3.05) is 44.0 Å². The molecule has 13 nitrogen and oxygen atoms in total. The highest BCUT2D eigenvalue weighted by molar-refractivity contribution is 5.95. The highest BCUT2D eigenvalue weighted by atomic mass is 19.1. The van der Waals surface area contributed by atoms with E-state index in [2.05, 4.69) is 25.9 Å². The fraction of sp³-hybridized carbons (Fsp3) is 0.276. The Hall–Kier alpha value is -4.92. The quantitative estimate of drug-likeness (QED) is 0.264. The minimum atomic E-state index is -0.641. The van der Waals surface area contributed by atoms with E-state index >= 15 is 0 Å². The Morgan fingerprint density at radius 2 is 2.05 bits per heavy atom. The summed E-state index contributed by atoms with van der Waals surface area (Å²) >= 11 is 0. The number of fused-ring (bicyclic) bond motifs is 1. The molecule has 4 aromatic rings. The van der Waals surface area contributed by atoms with Gasteiger partial charge in [-0.25, -0.2) is 19.4 Å². The molecule has 14 heteroatoms. The number of urea groups is 1. The van der Waals surface area contributed by atoms with Gasteiger partial charge in [0.15, 0.2) is 18.2 Å². The first-order chi connectivity index (χ1) is 20.9. The van der Waals surface area contributed by atoms with E-state index in [1.54, 1.807) is 35.2 Å². The van der Waals surface area contributed by atoms with Crippen LogP contribution >= 0.6 is 0 Å². The highest BCUT2D eigenvalue weighted by Crippen LogP contribution is 2.35. The second-order valence-corrected chi connectivity index (χ2v) is 10.0. The molecule has 1 saturated heterocycles. The van der Waals surface area contributed by atoms with E-state index < -0.39 is 24.1 Å². The van der Waals surface area contributed by atoms with Gasteiger partial charge in [0.05, 0.1) is 24.0 Å². The number of hydrogen-bond donors (Lipinski definition) is 3. The van der Waals surface area contributed by atoms with Crippen LogP contribution < -0.4 is 20.7 Å². The second-order valence-electron chi connectivity index (χ2n) is 10.0. The van der Waals surface area contributed by atoms with Crippen LogP contribution in [-0.4, -0.2) is 76.2 Å². The van der Waals surface area contributed by atoms with E-state index in [0.29, 0.717) is 59.5 Å². The number of amides is 3. The zero-order valence-electron chi connectivity index (χ0n) is 23.4. The molecule has 3 N–H and O–H groups in total. The third-order valence-electron chi connectivity index (χ3n) is 7.07. The molecule has 2 atom stereocenters. The zero-order chi connectivity index (χ0) is 29.9. The molecule has 0 aliphatic carbocycles. The van der Waals surface area contributed by atoms with Crippen LogP contribution in [0.1, 0.15) is 17.2 Å². The molecule has 5 heterocycles. The van der Waals surface area contributed by atoms with Gasteiger partial charge in [0.2, 0.25) is 5.95 Å². The maximum Gasteiger partial charge on any atom is 0.320 e. The summed E-state index contributed by atoms with van der Waals surface area (Å²) in [6, 6.07) is 13.1. The molecule has 222 valence electrons. The van der Waals surface area contributed by atoms with Crippen molar-refractivity contribution in [2.24, 2.45) is 0 Å². The van der Waals surface area contributed by atoms with Gasteiger partial charge in [0, 0.05) is 43.7 Å². The summed E-state index contributed by atoms with van der Waals surface area (Å²) in [5.41, 5.74) is 3.15. The summed E-state index contributed by atoms with van der Waals surface area (Å²) in [6.07, 6.45) is 2.31. The number of carbonyl (C=O) groups excluding carboxylic acids is 2. The number of nitrogens with one attached hydrogen (secondary N) is 3. The molecule has 0 unspecified atom stereocenters. The maximum absolute atomic E-state index is 14.0. The SMILES string of the molecule is COCCN1C[C@@H](NC(=O)Nc2c(C)c(-c3cnc4c(c3)OCC(=O)N4)nn2-c2ccccc2)[C@H](c2ccnc(F)c2)O1. The van der Waals surface area contributed by atoms with Crippen molar-refractivity contribution in [3.63, 3.8) is 0 Å². The summed E-state index contributed by atoms with van der Waals surface area (Å²) in [5, 5.41) is 15.1. The molecule has 0 spiro atoms. The molecule has 3 amide bonds. The number of anilines is 2. The van der Waals surface area contributed by atoms with Crippen LogP contribution in [0.5, 0.6) is 5.75 Å². The Balaban J connectivity index is 1.29. The Kier molecular flexibility index (Phi) is 7.96. The number of halogens is 1. The normalized spacial score (nSPS) is 18.1. The van der Waals surface area contributed by atoms with Crippen LogP contribution in [-0.2, 0) is 14.4 Å². The van der Waals surface area contributed by atoms with Crippen molar-refractivity contribution in [2.45, 2.75) is 19.1 Å². The van der Waals surface area contributed by atoms with E-state index in [1.165, 1.54) is 12.3 Å². The fourth-order valence-electron chi connectivity index (χ4n) is 5.01. The third kappa shape index (κ3) is 6.02. The van der Waals surface area contributed by atoms with E-state index in [-0.39, 0.29) is 12.5 Å². The van der Waals surface area contributed by atoms with E-state index in [9.17, 15) is 14.0 Å². The lowest BCUT2D eigenvalue weighted by molar-refractivity contribution is -0.154. The van der Waals surface area contributed by atoms with Crippen molar-refractivity contribution in [1.82, 2.24) is 30.1 Å². The summed E-state index contributed by atoms with van der Waals surface area (Å²) in [7, 11) is 1.59. The lowest BCUT2D eigenvalue weighted by atomic mass is 10.0. The van der Waals surface area contributed by atoms with Gasteiger partial charge in [-0.15, -0.1) is 0 Å². The van der Waals surface area contributed by atoms with Gasteiger partial charge < -0.3 is 20.1 Å². The van der Waals surface area contributed by atoms with Crippen LogP contribution in [0.3, 0.4) is 0 Å². The highest BCUT2D eigenvalue weighted by Gasteiger charge is 2.37. The first kappa shape index (κ1) is 28.2. The molecule has 2 aliphatic rings. The number of rotatable bonds is 8. The molecule has 1 aromatic carbocycles. The Bertz CT molecular complexity index is 1650. The van der Waals surface area contributed by atoms with Gasteiger partial charge in [-0.2, -0.15) is 14.6 Å². The topological polar surface area (TPSA) is 145 Å². The predicted molar refractivity (Wildman–Crippen MR) is 153 cm³/mol. The molecule has 3 aromatic heterocycles. The lowest BCUT2D eigenvalue weighted by Gasteiger charge is -2.19. The van der Waals surface area contributed by atoms with E-state index in [0.717, 1.165) is 5.69 Å². The first-order valence-electron chi connectivity index (χ1n) is 13.6. The maximum atomic E-state index is 14.0. The molecule has 0 bridgehead atoms. The number of pyridine rings is 2. The number of benzene rings is 1. The van der Waals surface area contributed by atoms with Crippen LogP contribution in [0.15, 0.2) is 60.9 Å². The van der Waals surface area contributed by atoms with E-state index in [4.69, 9.17) is 19.4 Å². The number of aromatic nitrogens is 4. The van der Waals surface area contributed by atoms with Gasteiger partial charge in [-0.05, 0) is 42.8 Å². The number of para-hydroxylation sites is 1. The van der Waals surface area contributed by atoms with E-state index in [1.807, 2.05) is 37.3 Å². The van der Waals surface area contributed by atoms with Crippen LogP contribution in [0.25, 0.3) is 16.9 Å². The van der Waals surface area contributed by atoms with Crippen molar-refractivity contribution >= 4 is 23.6 Å². The van der Waals surface area contributed by atoms with Crippen LogP contribution in [0, 0.1) is 12.9 Å². The molecular formula is C29H29FN8O5. The average Bonchev–Trinajstić information content (AvgIpc) is 3.56. The summed E-state index contributed by atoms with van der Waals surface area (Å²) in [6.45, 7) is 2.97. The van der Waals surface area contributed by atoms with Gasteiger partial charge in [0.1, 0.15) is 11.9 Å². The summed E-state index contributed by atoms with van der Waals surface area (Å²) in [5.74, 6) is 0.280. The minimum Gasteiger partial charge on any atom is -0.480 e. The number of hydroxylamine groups is 2. The lowest BCUT2D eigenvalue weighted by Crippen LogP contribution is -2.42. The molecule has 1 fully saturated rings. The molecule has 43 heavy (non-hydrogen) atoms. The molecule has 0 radical (unpaired) electrons. The van der Waals surface area contributed by atoms with Gasteiger partial charge in [-0.1, -0.05) is 18.2 Å². The van der Waals surface area contributed by atoms with Crippen molar-refractivity contribution in [1.29, 1.82) is 0 Å². The number of hydrogen-bond acceptors (Lipinski definition) is 9. The van der Waals surface area contributed by atoms with Crippen molar-refractivity contribution < 1.29 is 28.3 Å². The Morgan fingerprint density at radius 1 is 1.21 bits per heavy atom. The number of carbonyl (C=O) groups is 2. The van der Waals surface area contributed by atoms with Crippen LogP contribution in [0.4, 0.5) is 20.8 Å². The van der Waals surface area contributed by atoms with Gasteiger partial charge in [-0.3, -0.25) is 14.9 Å². The molecule has 0 saturated carbocycles. The Labute approximate surface area is 245 Å². The molecule has 2 aliphatic heterocycles. The van der Waals surface area contributed by atoms with Gasteiger partial charge in [0.25, 0.3) is 5.91 Å². The largest absolute Gasteiger partial charge is 0.480 e. The monoisotopic (exact) mass is 588 g/mol. The standard InChI is InChI=1S/C29H29FN8O5/c1-17-25(19-12-22-27(32-14-19)34-24(39)16-42-22)36-38(20-6-4-3-5-7-20)28(17)35-29(40)33-21-15-37(10-11-41-2)43-26(21)18-8-9-31-23(30)13-18/h3-9,12-14,21,26H,10-11,15-16H2,1-2H3,(H,32,34,39)(H2,33,35,40)/t21-,26+/m1/s1.